The molecule has 7 heteroatoms. The molecule has 3 rings (SSSR count). The van der Waals surface area contributed by atoms with Gasteiger partial charge in [-0.2, -0.15) is 5.10 Å². The lowest BCUT2D eigenvalue weighted by Gasteiger charge is -2.25. The minimum absolute atomic E-state index is 0.308. The molecule has 0 spiro atoms. The van der Waals surface area contributed by atoms with E-state index in [2.05, 4.69) is 10.1 Å². The van der Waals surface area contributed by atoms with Crippen LogP contribution in [0.15, 0.2) is 34.9 Å². The summed E-state index contributed by atoms with van der Waals surface area (Å²) in [6.07, 6.45) is 3.27. The topological polar surface area (TPSA) is 48.7 Å². The second-order valence-corrected chi connectivity index (χ2v) is 4.80. The summed E-state index contributed by atoms with van der Waals surface area (Å²) in [4.78, 5) is 5.51. The fourth-order valence-electron chi connectivity index (χ4n) is 1.72. The Morgan fingerprint density at radius 1 is 1.41 bits per heavy atom. The van der Waals surface area contributed by atoms with Gasteiger partial charge in [0, 0.05) is 11.7 Å². The van der Waals surface area contributed by atoms with Crippen molar-refractivity contribution in [3.05, 3.63) is 40.5 Å². The van der Waals surface area contributed by atoms with Gasteiger partial charge in [0.25, 0.3) is 0 Å². The second-order valence-electron chi connectivity index (χ2n) is 3.52. The minimum atomic E-state index is -0.894. The van der Waals surface area contributed by atoms with E-state index >= 15 is 0 Å². The minimum Gasteiger partial charge on any atom is -0.427 e. The lowest BCUT2D eigenvalue weighted by molar-refractivity contribution is 0.578. The van der Waals surface area contributed by atoms with Crippen LogP contribution in [0.2, 0.25) is 5.15 Å². The molecule has 84 valence electrons. The SMILES string of the molecule is OB1c2c(ccnc2Cl)C=NN1c1cccs1. The summed E-state index contributed by atoms with van der Waals surface area (Å²) in [6, 6.07) is 5.57. The van der Waals surface area contributed by atoms with Gasteiger partial charge in [0.15, 0.2) is 0 Å². The van der Waals surface area contributed by atoms with Gasteiger partial charge in [-0.05, 0) is 29.1 Å². The van der Waals surface area contributed by atoms with Crippen LogP contribution in [0.5, 0.6) is 0 Å². The number of halogens is 1. The van der Waals surface area contributed by atoms with E-state index in [0.29, 0.717) is 10.6 Å². The van der Waals surface area contributed by atoms with Crippen molar-refractivity contribution < 1.29 is 5.02 Å². The molecule has 3 heterocycles. The summed E-state index contributed by atoms with van der Waals surface area (Å²) in [6.45, 7) is 0. The van der Waals surface area contributed by atoms with Crippen LogP contribution in [0, 0.1) is 0 Å². The highest BCUT2D eigenvalue weighted by Crippen LogP contribution is 2.24. The number of pyridine rings is 1. The molecule has 1 aliphatic rings. The first-order chi connectivity index (χ1) is 8.27. The van der Waals surface area contributed by atoms with Gasteiger partial charge in [-0.1, -0.05) is 11.6 Å². The molecule has 0 bridgehead atoms. The maximum absolute atomic E-state index is 10.3. The number of nitrogens with zero attached hydrogens (tertiary/aromatic N) is 3. The van der Waals surface area contributed by atoms with E-state index in [4.69, 9.17) is 11.6 Å². The molecule has 0 saturated heterocycles. The van der Waals surface area contributed by atoms with Crippen molar-refractivity contribution in [3.8, 4) is 0 Å². The van der Waals surface area contributed by atoms with E-state index in [1.807, 2.05) is 17.5 Å². The number of hydrazone groups is 1. The molecule has 0 unspecified atom stereocenters. The lowest BCUT2D eigenvalue weighted by Crippen LogP contribution is -2.50. The summed E-state index contributed by atoms with van der Waals surface area (Å²) in [5.41, 5.74) is 1.39. The standard InChI is InChI=1S/C10H7BClN3OS/c12-10-9-7(3-4-13-10)6-14-15(11(9)16)8-2-1-5-17-8/h1-6,16H. The van der Waals surface area contributed by atoms with E-state index in [0.717, 1.165) is 10.6 Å². The Bertz CT molecular complexity index is 575. The maximum Gasteiger partial charge on any atom is 0.475 e. The molecule has 2 aromatic rings. The highest BCUT2D eigenvalue weighted by Gasteiger charge is 2.33. The molecule has 17 heavy (non-hydrogen) atoms. The van der Waals surface area contributed by atoms with Gasteiger partial charge in [-0.15, -0.1) is 11.3 Å². The molecule has 1 aliphatic heterocycles. The van der Waals surface area contributed by atoms with Gasteiger partial charge < -0.3 is 5.02 Å². The summed E-state index contributed by atoms with van der Waals surface area (Å²) in [7, 11) is -0.894. The van der Waals surface area contributed by atoms with Gasteiger partial charge in [0.1, 0.15) is 10.2 Å². The van der Waals surface area contributed by atoms with Crippen molar-refractivity contribution in [2.24, 2.45) is 5.10 Å². The van der Waals surface area contributed by atoms with Crippen molar-refractivity contribution in [2.45, 2.75) is 0 Å². The average Bonchev–Trinajstić information content (AvgIpc) is 2.83. The Kier molecular flexibility index (Phi) is 2.62. The third-order valence-corrected chi connectivity index (χ3v) is 3.68. The normalized spacial score (nSPS) is 14.0. The molecule has 2 aromatic heterocycles. The summed E-state index contributed by atoms with van der Waals surface area (Å²) < 4.78 is 0. The number of thiophene rings is 1. The Labute approximate surface area is 107 Å². The monoisotopic (exact) mass is 263 g/mol. The number of rotatable bonds is 1. The highest BCUT2D eigenvalue weighted by molar-refractivity contribution is 7.14. The third kappa shape index (κ3) is 1.74. The number of aromatic nitrogens is 1. The van der Waals surface area contributed by atoms with Gasteiger partial charge >= 0.3 is 7.05 Å². The summed E-state index contributed by atoms with van der Waals surface area (Å²) >= 11 is 7.51. The molecule has 0 aromatic carbocycles. The number of fused-ring (bicyclic) bond motifs is 1. The van der Waals surface area contributed by atoms with Crippen LogP contribution in [0.1, 0.15) is 5.56 Å². The lowest BCUT2D eigenvalue weighted by atomic mass is 9.71. The molecule has 0 aliphatic carbocycles. The molecule has 4 nitrogen and oxygen atoms in total. The molecule has 0 amide bonds. The Morgan fingerprint density at radius 3 is 3.06 bits per heavy atom. The van der Waals surface area contributed by atoms with E-state index in [1.54, 1.807) is 18.5 Å². The summed E-state index contributed by atoms with van der Waals surface area (Å²) in [5.74, 6) is 0. The van der Waals surface area contributed by atoms with Crippen molar-refractivity contribution in [1.29, 1.82) is 0 Å². The zero-order valence-corrected chi connectivity index (χ0v) is 10.2. The molecule has 0 saturated carbocycles. The van der Waals surface area contributed by atoms with Crippen LogP contribution in [0.25, 0.3) is 0 Å². The van der Waals surface area contributed by atoms with Crippen LogP contribution in [0.3, 0.4) is 0 Å². The van der Waals surface area contributed by atoms with Gasteiger partial charge in [-0.25, -0.2) is 4.98 Å². The maximum atomic E-state index is 10.3. The van der Waals surface area contributed by atoms with Gasteiger partial charge in [-0.3, -0.25) is 4.92 Å². The van der Waals surface area contributed by atoms with Crippen LogP contribution >= 0.6 is 22.9 Å². The Hall–Kier alpha value is -1.37. The summed E-state index contributed by atoms with van der Waals surface area (Å²) in [5, 5.41) is 17.6. The molecular weight excluding hydrogens is 256 g/mol. The van der Waals surface area contributed by atoms with Crippen LogP contribution in [-0.2, 0) is 0 Å². The number of hydrogen-bond acceptors (Lipinski definition) is 5. The zero-order chi connectivity index (χ0) is 11.8. The van der Waals surface area contributed by atoms with Crippen LogP contribution in [0.4, 0.5) is 5.00 Å². The van der Waals surface area contributed by atoms with Crippen molar-refractivity contribution in [3.63, 3.8) is 0 Å². The number of hydrogen-bond donors (Lipinski definition) is 1. The first kappa shape index (κ1) is 10.8. The first-order valence-corrected chi connectivity index (χ1v) is 6.22. The predicted octanol–water partition coefficient (Wildman–Crippen LogP) is 1.34. The fraction of sp³-hybridized carbons (Fsp3) is 0. The molecule has 0 atom stereocenters. The molecule has 1 N–H and O–H groups in total. The van der Waals surface area contributed by atoms with E-state index in [-0.39, 0.29) is 0 Å². The molecule has 0 radical (unpaired) electrons. The largest absolute Gasteiger partial charge is 0.475 e. The Balaban J connectivity index is 2.09. The zero-order valence-electron chi connectivity index (χ0n) is 8.62. The second kappa shape index (κ2) is 4.14. The van der Waals surface area contributed by atoms with Crippen molar-refractivity contribution in [2.75, 3.05) is 4.92 Å². The Morgan fingerprint density at radius 2 is 2.29 bits per heavy atom. The van der Waals surface area contributed by atoms with E-state index < -0.39 is 7.05 Å². The first-order valence-electron chi connectivity index (χ1n) is 4.96. The smallest absolute Gasteiger partial charge is 0.427 e. The van der Waals surface area contributed by atoms with Crippen molar-refractivity contribution in [1.82, 2.24) is 4.98 Å². The van der Waals surface area contributed by atoms with Crippen LogP contribution in [-0.4, -0.2) is 23.3 Å². The van der Waals surface area contributed by atoms with E-state index in [9.17, 15) is 5.02 Å². The highest BCUT2D eigenvalue weighted by atomic mass is 35.5. The predicted molar refractivity (Wildman–Crippen MR) is 71.2 cm³/mol. The molecule has 0 fully saturated rings. The van der Waals surface area contributed by atoms with Gasteiger partial charge in [0.2, 0.25) is 0 Å². The van der Waals surface area contributed by atoms with Gasteiger partial charge in [0.05, 0.1) is 6.21 Å². The van der Waals surface area contributed by atoms with Crippen molar-refractivity contribution >= 4 is 46.7 Å². The fourth-order valence-corrected chi connectivity index (χ4v) is 2.69. The van der Waals surface area contributed by atoms with E-state index in [1.165, 1.54) is 16.3 Å². The third-order valence-electron chi connectivity index (χ3n) is 2.52. The number of anilines is 1. The molecular formula is C10H7BClN3OS. The average molecular weight is 264 g/mol. The van der Waals surface area contributed by atoms with Crippen LogP contribution < -0.4 is 10.4 Å². The quantitative estimate of drug-likeness (QED) is 0.624.